The molecule has 0 saturated carbocycles. The van der Waals surface area contributed by atoms with Gasteiger partial charge in [-0.15, -0.1) is 0 Å². The summed E-state index contributed by atoms with van der Waals surface area (Å²) in [5.41, 5.74) is 0.433. The maximum absolute atomic E-state index is 13.3. The van der Waals surface area contributed by atoms with E-state index in [1.165, 1.54) is 19.2 Å². The molecule has 0 radical (unpaired) electrons. The monoisotopic (exact) mass is 314 g/mol. The summed E-state index contributed by atoms with van der Waals surface area (Å²) in [4.78, 5) is 15.1. The zero-order chi connectivity index (χ0) is 16.6. The number of carbonyl (C=O) groups excluding carboxylic acids is 1. The van der Waals surface area contributed by atoms with Crippen LogP contribution in [-0.4, -0.2) is 28.7 Å². The Kier molecular flexibility index (Phi) is 4.27. The van der Waals surface area contributed by atoms with Gasteiger partial charge in [-0.05, 0) is 26.0 Å². The molecule has 1 aromatic heterocycles. The highest BCUT2D eigenvalue weighted by Crippen LogP contribution is 2.45. The van der Waals surface area contributed by atoms with E-state index >= 15 is 0 Å². The number of aryl methyl sites for hydroxylation is 2. The molecule has 0 bridgehead atoms. The molecule has 0 aliphatic carbocycles. The largest absolute Gasteiger partial charge is 0.392 e. The molecule has 1 heterocycles. The van der Waals surface area contributed by atoms with Gasteiger partial charge in [0.2, 0.25) is 0 Å². The molecule has 118 valence electrons. The number of aromatic nitrogens is 1. The molecule has 9 heteroatoms. The molecular formula is C12H12F6N2O. The number of pyridine rings is 1. The molecule has 0 fully saturated rings. The lowest BCUT2D eigenvalue weighted by Gasteiger charge is -2.29. The van der Waals surface area contributed by atoms with E-state index in [0.29, 0.717) is 11.4 Å². The Hall–Kier alpha value is -1.80. The van der Waals surface area contributed by atoms with E-state index in [9.17, 15) is 31.1 Å². The van der Waals surface area contributed by atoms with Crippen molar-refractivity contribution in [3.05, 3.63) is 23.5 Å². The zero-order valence-corrected chi connectivity index (χ0v) is 11.3. The minimum atomic E-state index is -5.82. The van der Waals surface area contributed by atoms with E-state index in [-0.39, 0.29) is 12.6 Å². The first-order valence-corrected chi connectivity index (χ1v) is 5.69. The quantitative estimate of drug-likeness (QED) is 0.863. The number of hydrogen-bond donors (Lipinski definition) is 1. The minimum Gasteiger partial charge on any atom is -0.321 e. The fraction of sp³-hybridized carbons (Fsp3) is 0.500. The van der Waals surface area contributed by atoms with Gasteiger partial charge in [-0.1, -0.05) is 0 Å². The summed E-state index contributed by atoms with van der Waals surface area (Å²) in [6.07, 6.45) is 0. The maximum atomic E-state index is 13.3. The van der Waals surface area contributed by atoms with Crippen LogP contribution < -0.4 is 5.32 Å². The van der Waals surface area contributed by atoms with Crippen LogP contribution in [0.25, 0.3) is 0 Å². The summed E-state index contributed by atoms with van der Waals surface area (Å²) in [6, 6.07) is 2.28. The van der Waals surface area contributed by atoms with Crippen molar-refractivity contribution in [3.63, 3.8) is 0 Å². The molecule has 21 heavy (non-hydrogen) atoms. The smallest absolute Gasteiger partial charge is 0.321 e. The van der Waals surface area contributed by atoms with Crippen molar-refractivity contribution in [1.82, 2.24) is 4.98 Å². The molecule has 0 unspecified atom stereocenters. The molecule has 0 saturated heterocycles. The summed E-state index contributed by atoms with van der Waals surface area (Å²) in [5, 5.41) is 1.50. The predicted molar refractivity (Wildman–Crippen MR) is 62.9 cm³/mol. The highest BCUT2D eigenvalue weighted by atomic mass is 19.3. The van der Waals surface area contributed by atoms with Crippen molar-refractivity contribution in [2.45, 2.75) is 38.5 Å². The van der Waals surface area contributed by atoms with Gasteiger partial charge in [0.25, 0.3) is 0 Å². The molecule has 0 aliphatic heterocycles. The van der Waals surface area contributed by atoms with Crippen molar-refractivity contribution in [3.8, 4) is 0 Å². The van der Waals surface area contributed by atoms with Gasteiger partial charge >= 0.3 is 23.7 Å². The highest BCUT2D eigenvalue weighted by molar-refractivity contribution is 5.97. The molecular weight excluding hydrogens is 302 g/mol. The van der Waals surface area contributed by atoms with Gasteiger partial charge in [0.15, 0.2) is 0 Å². The summed E-state index contributed by atoms with van der Waals surface area (Å²) < 4.78 is 77.9. The van der Waals surface area contributed by atoms with E-state index in [0.717, 1.165) is 12.1 Å². The second-order valence-corrected chi connectivity index (χ2v) is 4.63. The normalized spacial score (nSPS) is 13.2. The molecule has 1 aromatic rings. The number of nitrogens with one attached hydrogen (secondary N) is 1. The Morgan fingerprint density at radius 2 is 1.48 bits per heavy atom. The number of alkyl halides is 6. The number of nitrogens with zero attached hydrogens (tertiary/aromatic N) is 1. The SMILES string of the molecule is Cc1cc(NC(=O)C(F)(F)C(F)(F)C(C)(F)F)cc(C)n1. The lowest BCUT2D eigenvalue weighted by atomic mass is 10.1. The van der Waals surface area contributed by atoms with Crippen LogP contribution >= 0.6 is 0 Å². The van der Waals surface area contributed by atoms with Crippen LogP contribution in [-0.2, 0) is 4.79 Å². The molecule has 3 nitrogen and oxygen atoms in total. The van der Waals surface area contributed by atoms with Gasteiger partial charge in [-0.3, -0.25) is 9.78 Å². The average Bonchev–Trinajstić information content (AvgIpc) is 2.25. The number of amides is 1. The Labute approximate surface area is 116 Å². The standard InChI is InChI=1S/C12H12F6N2O/c1-6-4-8(5-7(2)19-6)20-9(21)11(15,16)12(17,18)10(3,13)14/h4-5H,1-3H3,(H,19,20,21). The Morgan fingerprint density at radius 1 is 1.05 bits per heavy atom. The van der Waals surface area contributed by atoms with Gasteiger partial charge in [-0.25, -0.2) is 0 Å². The van der Waals surface area contributed by atoms with Crippen molar-refractivity contribution in [2.24, 2.45) is 0 Å². The number of halogens is 6. The second kappa shape index (κ2) is 5.19. The fourth-order valence-electron chi connectivity index (χ4n) is 1.53. The van der Waals surface area contributed by atoms with Crippen LogP contribution in [0.1, 0.15) is 18.3 Å². The van der Waals surface area contributed by atoms with Crippen molar-refractivity contribution < 1.29 is 31.1 Å². The second-order valence-electron chi connectivity index (χ2n) is 4.63. The third-order valence-corrected chi connectivity index (χ3v) is 2.57. The number of carbonyl (C=O) groups is 1. The molecule has 1 N–H and O–H groups in total. The van der Waals surface area contributed by atoms with Gasteiger partial charge in [0.1, 0.15) is 0 Å². The van der Waals surface area contributed by atoms with Crippen LogP contribution in [0.2, 0.25) is 0 Å². The van der Waals surface area contributed by atoms with Crippen molar-refractivity contribution in [2.75, 3.05) is 5.32 Å². The average molecular weight is 314 g/mol. The summed E-state index contributed by atoms with van der Waals surface area (Å²) in [6.45, 7) is 2.58. The fourth-order valence-corrected chi connectivity index (χ4v) is 1.53. The first-order chi connectivity index (χ1) is 9.29. The van der Waals surface area contributed by atoms with E-state index in [1.54, 1.807) is 0 Å². The van der Waals surface area contributed by atoms with E-state index in [2.05, 4.69) is 4.98 Å². The van der Waals surface area contributed by atoms with Gasteiger partial charge in [0.05, 0.1) is 0 Å². The van der Waals surface area contributed by atoms with Gasteiger partial charge < -0.3 is 5.32 Å². The summed E-state index contributed by atoms with van der Waals surface area (Å²) in [7, 11) is 0. The van der Waals surface area contributed by atoms with E-state index < -0.39 is 23.7 Å². The van der Waals surface area contributed by atoms with Crippen molar-refractivity contribution in [1.29, 1.82) is 0 Å². The Morgan fingerprint density at radius 3 is 1.86 bits per heavy atom. The van der Waals surface area contributed by atoms with Crippen LogP contribution in [0.3, 0.4) is 0 Å². The number of hydrogen-bond acceptors (Lipinski definition) is 2. The Bertz CT molecular complexity index is 533. The number of rotatable bonds is 4. The lowest BCUT2D eigenvalue weighted by Crippen LogP contribution is -2.58. The predicted octanol–water partition coefficient (Wildman–Crippen LogP) is 3.56. The van der Waals surface area contributed by atoms with Crippen LogP contribution in [0, 0.1) is 13.8 Å². The van der Waals surface area contributed by atoms with Crippen LogP contribution in [0.5, 0.6) is 0 Å². The van der Waals surface area contributed by atoms with Crippen LogP contribution in [0.15, 0.2) is 12.1 Å². The van der Waals surface area contributed by atoms with E-state index in [4.69, 9.17) is 0 Å². The van der Waals surface area contributed by atoms with Crippen molar-refractivity contribution >= 4 is 11.6 Å². The molecule has 1 amide bonds. The molecule has 1 rings (SSSR count). The third kappa shape index (κ3) is 3.27. The first kappa shape index (κ1) is 17.3. The molecule has 0 atom stereocenters. The summed E-state index contributed by atoms with van der Waals surface area (Å²) >= 11 is 0. The topological polar surface area (TPSA) is 42.0 Å². The molecule has 0 aromatic carbocycles. The van der Waals surface area contributed by atoms with Gasteiger partial charge in [0, 0.05) is 24.0 Å². The number of anilines is 1. The van der Waals surface area contributed by atoms with Crippen LogP contribution in [0.4, 0.5) is 32.0 Å². The minimum absolute atomic E-state index is 0.236. The lowest BCUT2D eigenvalue weighted by molar-refractivity contribution is -0.289. The first-order valence-electron chi connectivity index (χ1n) is 5.69. The highest BCUT2D eigenvalue weighted by Gasteiger charge is 2.72. The molecule has 0 aliphatic rings. The Balaban J connectivity index is 3.07. The zero-order valence-electron chi connectivity index (χ0n) is 11.3. The molecule has 0 spiro atoms. The van der Waals surface area contributed by atoms with E-state index in [1.807, 2.05) is 0 Å². The summed E-state index contributed by atoms with van der Waals surface area (Å²) in [5.74, 6) is -19.0. The maximum Gasteiger partial charge on any atom is 0.392 e. The third-order valence-electron chi connectivity index (χ3n) is 2.57. The van der Waals surface area contributed by atoms with Gasteiger partial charge in [-0.2, -0.15) is 26.3 Å².